The highest BCUT2D eigenvalue weighted by atomic mass is 35.5. The summed E-state index contributed by atoms with van der Waals surface area (Å²) in [6.45, 7) is 0. The zero-order valence-corrected chi connectivity index (χ0v) is 9.32. The van der Waals surface area contributed by atoms with E-state index in [1.165, 1.54) is 0 Å². The van der Waals surface area contributed by atoms with Crippen LogP contribution in [0.2, 0.25) is 5.15 Å². The number of aldehydes is 1. The molecule has 0 saturated heterocycles. The highest BCUT2D eigenvalue weighted by Crippen LogP contribution is 2.11. The fourth-order valence-corrected chi connectivity index (χ4v) is 1.57. The van der Waals surface area contributed by atoms with E-state index in [-0.39, 0.29) is 0 Å². The summed E-state index contributed by atoms with van der Waals surface area (Å²) in [6, 6.07) is 11.2. The van der Waals surface area contributed by atoms with Crippen LogP contribution in [0.3, 0.4) is 0 Å². The number of pyridine rings is 1. The van der Waals surface area contributed by atoms with Crippen LogP contribution in [0.15, 0.2) is 42.6 Å². The first-order valence-corrected chi connectivity index (χ1v) is 5.30. The summed E-state index contributed by atoms with van der Waals surface area (Å²) in [5, 5.41) is 0.500. The molecule has 0 atom stereocenters. The van der Waals surface area contributed by atoms with Crippen molar-refractivity contribution in [3.63, 3.8) is 0 Å². The Morgan fingerprint density at radius 1 is 1.06 bits per heavy atom. The first-order valence-electron chi connectivity index (χ1n) is 4.92. The van der Waals surface area contributed by atoms with E-state index in [2.05, 4.69) is 4.98 Å². The van der Waals surface area contributed by atoms with Crippen LogP contribution in [0.25, 0.3) is 0 Å². The molecule has 16 heavy (non-hydrogen) atoms. The number of carbonyl (C=O) groups is 1. The lowest BCUT2D eigenvalue weighted by molar-refractivity contribution is 0.112. The number of hydrogen-bond acceptors (Lipinski definition) is 2. The first kappa shape index (κ1) is 10.8. The van der Waals surface area contributed by atoms with Crippen LogP contribution in [-0.4, -0.2) is 11.3 Å². The number of carbonyl (C=O) groups excluding carboxylic acids is 1. The molecule has 0 radical (unpaired) electrons. The van der Waals surface area contributed by atoms with Gasteiger partial charge in [0.15, 0.2) is 0 Å². The lowest BCUT2D eigenvalue weighted by Crippen LogP contribution is -1.90. The first-order chi connectivity index (χ1) is 7.78. The molecule has 0 saturated carbocycles. The zero-order chi connectivity index (χ0) is 11.4. The molecule has 1 aromatic heterocycles. The summed E-state index contributed by atoms with van der Waals surface area (Å²) >= 11 is 5.70. The fraction of sp³-hybridized carbons (Fsp3) is 0.0769. The van der Waals surface area contributed by atoms with Gasteiger partial charge in [-0.1, -0.05) is 41.9 Å². The van der Waals surface area contributed by atoms with Gasteiger partial charge in [0.25, 0.3) is 0 Å². The molecule has 2 aromatic rings. The van der Waals surface area contributed by atoms with Gasteiger partial charge in [-0.15, -0.1) is 0 Å². The summed E-state index contributed by atoms with van der Waals surface area (Å²) in [4.78, 5) is 14.5. The predicted octanol–water partition coefficient (Wildman–Crippen LogP) is 3.14. The molecule has 0 bridgehead atoms. The van der Waals surface area contributed by atoms with Gasteiger partial charge >= 0.3 is 0 Å². The summed E-state index contributed by atoms with van der Waals surface area (Å²) in [7, 11) is 0. The van der Waals surface area contributed by atoms with Gasteiger partial charge in [0.2, 0.25) is 0 Å². The van der Waals surface area contributed by atoms with E-state index in [1.54, 1.807) is 12.3 Å². The Balaban J connectivity index is 2.14. The molecule has 0 aliphatic rings. The minimum absolute atomic E-state index is 0.500. The average Bonchev–Trinajstić information content (AvgIpc) is 2.33. The van der Waals surface area contributed by atoms with Gasteiger partial charge in [-0.3, -0.25) is 4.79 Å². The van der Waals surface area contributed by atoms with Crippen LogP contribution in [0.1, 0.15) is 21.5 Å². The van der Waals surface area contributed by atoms with Crippen molar-refractivity contribution in [2.45, 2.75) is 6.42 Å². The standard InChI is InChI=1S/C13H10ClNO/c14-13-6-5-12(8-15-13)7-10-1-3-11(9-16)4-2-10/h1-6,8-9H,7H2. The van der Waals surface area contributed by atoms with Gasteiger partial charge < -0.3 is 0 Å². The van der Waals surface area contributed by atoms with Crippen LogP contribution in [0.4, 0.5) is 0 Å². The average molecular weight is 232 g/mol. The molecule has 2 nitrogen and oxygen atoms in total. The Bertz CT molecular complexity index is 476. The van der Waals surface area contributed by atoms with E-state index in [0.29, 0.717) is 10.7 Å². The largest absolute Gasteiger partial charge is 0.298 e. The number of nitrogens with zero attached hydrogens (tertiary/aromatic N) is 1. The fourth-order valence-electron chi connectivity index (χ4n) is 1.46. The molecular weight excluding hydrogens is 222 g/mol. The molecule has 1 heterocycles. The third-order valence-electron chi connectivity index (χ3n) is 2.31. The minimum atomic E-state index is 0.500. The zero-order valence-electron chi connectivity index (χ0n) is 8.56. The SMILES string of the molecule is O=Cc1ccc(Cc2ccc(Cl)nc2)cc1. The van der Waals surface area contributed by atoms with E-state index >= 15 is 0 Å². The molecule has 0 spiro atoms. The number of rotatable bonds is 3. The molecular formula is C13H10ClNO. The smallest absolute Gasteiger partial charge is 0.150 e. The Labute approximate surface area is 98.9 Å². The predicted molar refractivity (Wildman–Crippen MR) is 63.9 cm³/mol. The quantitative estimate of drug-likeness (QED) is 0.600. The van der Waals surface area contributed by atoms with Crippen LogP contribution in [-0.2, 0) is 6.42 Å². The molecule has 0 N–H and O–H groups in total. The number of halogens is 1. The van der Waals surface area contributed by atoms with E-state index in [9.17, 15) is 4.79 Å². The number of aromatic nitrogens is 1. The third kappa shape index (κ3) is 2.67. The maximum atomic E-state index is 10.5. The molecule has 2 rings (SSSR count). The molecule has 0 amide bonds. The van der Waals surface area contributed by atoms with Gasteiger partial charge in [0.05, 0.1) is 0 Å². The van der Waals surface area contributed by atoms with Gasteiger partial charge in [-0.25, -0.2) is 4.98 Å². The van der Waals surface area contributed by atoms with Crippen molar-refractivity contribution >= 4 is 17.9 Å². The Kier molecular flexibility index (Phi) is 3.32. The van der Waals surface area contributed by atoms with Crippen LogP contribution in [0, 0.1) is 0 Å². The van der Waals surface area contributed by atoms with E-state index in [0.717, 1.165) is 23.8 Å². The lowest BCUT2D eigenvalue weighted by atomic mass is 10.1. The topological polar surface area (TPSA) is 30.0 Å². The molecule has 80 valence electrons. The van der Waals surface area contributed by atoms with E-state index in [4.69, 9.17) is 11.6 Å². The normalized spacial score (nSPS) is 10.1. The van der Waals surface area contributed by atoms with Crippen molar-refractivity contribution < 1.29 is 4.79 Å². The van der Waals surface area contributed by atoms with Crippen molar-refractivity contribution in [1.29, 1.82) is 0 Å². The summed E-state index contributed by atoms with van der Waals surface area (Å²) < 4.78 is 0. The van der Waals surface area contributed by atoms with E-state index in [1.807, 2.05) is 30.3 Å². The third-order valence-corrected chi connectivity index (χ3v) is 2.54. The number of hydrogen-bond donors (Lipinski definition) is 0. The Morgan fingerprint density at radius 2 is 1.75 bits per heavy atom. The van der Waals surface area contributed by atoms with Crippen LogP contribution >= 0.6 is 11.6 Å². The Hall–Kier alpha value is -1.67. The van der Waals surface area contributed by atoms with Crippen LogP contribution in [0.5, 0.6) is 0 Å². The van der Waals surface area contributed by atoms with Crippen molar-refractivity contribution in [2.24, 2.45) is 0 Å². The van der Waals surface area contributed by atoms with Crippen molar-refractivity contribution in [1.82, 2.24) is 4.98 Å². The van der Waals surface area contributed by atoms with Gasteiger partial charge in [0.1, 0.15) is 11.4 Å². The summed E-state index contributed by atoms with van der Waals surface area (Å²) in [5.74, 6) is 0. The second-order valence-corrected chi connectivity index (χ2v) is 3.91. The van der Waals surface area contributed by atoms with E-state index < -0.39 is 0 Å². The summed E-state index contributed by atoms with van der Waals surface area (Å²) in [6.07, 6.45) is 3.40. The monoisotopic (exact) mass is 231 g/mol. The van der Waals surface area contributed by atoms with Crippen molar-refractivity contribution in [3.8, 4) is 0 Å². The van der Waals surface area contributed by atoms with Gasteiger partial charge in [0, 0.05) is 11.8 Å². The van der Waals surface area contributed by atoms with Crippen molar-refractivity contribution in [3.05, 3.63) is 64.4 Å². The van der Waals surface area contributed by atoms with Crippen LogP contribution < -0.4 is 0 Å². The number of benzene rings is 1. The maximum absolute atomic E-state index is 10.5. The van der Waals surface area contributed by atoms with Crippen molar-refractivity contribution in [2.75, 3.05) is 0 Å². The highest BCUT2D eigenvalue weighted by molar-refractivity contribution is 6.29. The Morgan fingerprint density at radius 3 is 2.31 bits per heavy atom. The van der Waals surface area contributed by atoms with Gasteiger partial charge in [-0.2, -0.15) is 0 Å². The molecule has 0 aliphatic carbocycles. The molecule has 1 aromatic carbocycles. The molecule has 0 fully saturated rings. The second kappa shape index (κ2) is 4.90. The highest BCUT2D eigenvalue weighted by Gasteiger charge is 1.97. The van der Waals surface area contributed by atoms with Gasteiger partial charge in [-0.05, 0) is 23.6 Å². The molecule has 0 aliphatic heterocycles. The molecule has 3 heteroatoms. The molecule has 0 unspecified atom stereocenters. The summed E-state index contributed by atoms with van der Waals surface area (Å²) in [5.41, 5.74) is 2.94. The minimum Gasteiger partial charge on any atom is -0.298 e. The second-order valence-electron chi connectivity index (χ2n) is 3.53. The maximum Gasteiger partial charge on any atom is 0.150 e. The lowest BCUT2D eigenvalue weighted by Gasteiger charge is -2.01.